The van der Waals surface area contributed by atoms with E-state index in [1.807, 2.05) is 13.0 Å². The van der Waals surface area contributed by atoms with Gasteiger partial charge in [0.15, 0.2) is 0 Å². The minimum absolute atomic E-state index is 0.345. The van der Waals surface area contributed by atoms with Crippen molar-refractivity contribution >= 4 is 0 Å². The number of ether oxygens (including phenoxy) is 1. The van der Waals surface area contributed by atoms with Crippen molar-refractivity contribution in [3.05, 3.63) is 23.4 Å². The highest BCUT2D eigenvalue weighted by molar-refractivity contribution is 5.24. The van der Waals surface area contributed by atoms with Gasteiger partial charge in [-0.15, -0.1) is 0 Å². The second kappa shape index (κ2) is 4.23. The summed E-state index contributed by atoms with van der Waals surface area (Å²) >= 11 is 0. The molecule has 3 nitrogen and oxygen atoms in total. The van der Waals surface area contributed by atoms with Gasteiger partial charge in [-0.25, -0.2) is 4.98 Å². The summed E-state index contributed by atoms with van der Waals surface area (Å²) in [5.74, 6) is 0.492. The topological polar surface area (TPSA) is 42.4 Å². The molecule has 0 amide bonds. The van der Waals surface area contributed by atoms with E-state index in [9.17, 15) is 5.11 Å². The molecule has 1 radical (unpaired) electrons. The molecule has 1 unspecified atom stereocenters. The Kier molecular flexibility index (Phi) is 3.25. The van der Waals surface area contributed by atoms with Crippen LogP contribution in [0, 0.1) is 13.0 Å². The molecule has 0 aromatic carbocycles. The lowest BCUT2D eigenvalue weighted by molar-refractivity contribution is 0.195. The van der Waals surface area contributed by atoms with Crippen LogP contribution in [0.25, 0.3) is 0 Å². The van der Waals surface area contributed by atoms with E-state index in [1.165, 1.54) is 0 Å². The molecule has 0 aliphatic heterocycles. The number of hydrogen-bond acceptors (Lipinski definition) is 3. The molecule has 3 heteroatoms. The Morgan fingerprint density at radius 2 is 2.38 bits per heavy atom. The van der Waals surface area contributed by atoms with Crippen LogP contribution in [-0.2, 0) is 6.42 Å². The lowest BCUT2D eigenvalue weighted by Crippen LogP contribution is -2.06. The third-order valence-electron chi connectivity index (χ3n) is 1.81. The minimum atomic E-state index is -0.345. The average Bonchev–Trinajstić information content (AvgIpc) is 2.08. The predicted octanol–water partition coefficient (Wildman–Crippen LogP) is 1.12. The van der Waals surface area contributed by atoms with Crippen LogP contribution >= 0.6 is 0 Å². The Labute approximate surface area is 78.4 Å². The molecule has 0 saturated carbocycles. The summed E-state index contributed by atoms with van der Waals surface area (Å²) in [7, 11) is 1.56. The molecule has 71 valence electrons. The molecule has 0 bridgehead atoms. The molecule has 1 aromatic rings. The van der Waals surface area contributed by atoms with E-state index in [-0.39, 0.29) is 6.10 Å². The largest absolute Gasteiger partial charge is 0.481 e. The number of rotatable bonds is 3. The molecule has 1 rings (SSSR count). The summed E-state index contributed by atoms with van der Waals surface area (Å²) in [6.07, 6.45) is 0.265. The normalized spacial score (nSPS) is 12.6. The number of aryl methyl sites for hydroxylation is 1. The van der Waals surface area contributed by atoms with Gasteiger partial charge in [0.2, 0.25) is 5.88 Å². The summed E-state index contributed by atoms with van der Waals surface area (Å²) in [6.45, 7) is 3.65. The molecular weight excluding hydrogens is 166 g/mol. The van der Waals surface area contributed by atoms with Gasteiger partial charge in [-0.2, -0.15) is 0 Å². The monoisotopic (exact) mass is 180 g/mol. The van der Waals surface area contributed by atoms with Gasteiger partial charge < -0.3 is 9.84 Å². The first-order valence-corrected chi connectivity index (χ1v) is 4.23. The quantitative estimate of drug-likeness (QED) is 0.758. The molecule has 0 aliphatic rings. The molecule has 0 spiro atoms. The van der Waals surface area contributed by atoms with Crippen LogP contribution in [0.5, 0.6) is 5.88 Å². The summed E-state index contributed by atoms with van der Waals surface area (Å²) < 4.78 is 4.93. The zero-order chi connectivity index (χ0) is 9.84. The van der Waals surface area contributed by atoms with Crippen LogP contribution in [0.2, 0.25) is 0 Å². The van der Waals surface area contributed by atoms with Crippen LogP contribution in [0.1, 0.15) is 18.2 Å². The molecule has 1 heterocycles. The lowest BCUT2D eigenvalue weighted by atomic mass is 10.1. The molecule has 0 saturated heterocycles. The first-order chi connectivity index (χ1) is 6.13. The SMILES string of the molecule is COc1[c]cc(CC(C)O)c(C)n1. The van der Waals surface area contributed by atoms with Gasteiger partial charge in [-0.1, -0.05) is 0 Å². The summed E-state index contributed by atoms with van der Waals surface area (Å²) in [6, 6.07) is 4.70. The van der Waals surface area contributed by atoms with E-state index in [4.69, 9.17) is 4.74 Å². The molecular formula is C10H14NO2. The summed E-state index contributed by atoms with van der Waals surface area (Å²) in [5, 5.41) is 9.18. The molecule has 0 fully saturated rings. The molecule has 1 atom stereocenters. The third kappa shape index (κ3) is 2.70. The number of aliphatic hydroxyl groups excluding tert-OH is 1. The van der Waals surface area contributed by atoms with Gasteiger partial charge in [0.25, 0.3) is 0 Å². The van der Waals surface area contributed by atoms with Crippen molar-refractivity contribution in [1.82, 2.24) is 4.98 Å². The first-order valence-electron chi connectivity index (χ1n) is 4.23. The summed E-state index contributed by atoms with van der Waals surface area (Å²) in [4.78, 5) is 4.16. The van der Waals surface area contributed by atoms with Crippen molar-refractivity contribution in [2.45, 2.75) is 26.4 Å². The summed E-state index contributed by atoms with van der Waals surface area (Å²) in [5.41, 5.74) is 1.90. The van der Waals surface area contributed by atoms with Crippen molar-refractivity contribution < 1.29 is 9.84 Å². The molecule has 1 N–H and O–H groups in total. The van der Waals surface area contributed by atoms with Crippen LogP contribution in [-0.4, -0.2) is 23.3 Å². The van der Waals surface area contributed by atoms with Crippen molar-refractivity contribution in [2.75, 3.05) is 7.11 Å². The predicted molar refractivity (Wildman–Crippen MR) is 49.7 cm³/mol. The first kappa shape index (κ1) is 9.99. The van der Waals surface area contributed by atoms with E-state index in [0.717, 1.165) is 11.3 Å². The highest BCUT2D eigenvalue weighted by Gasteiger charge is 2.04. The second-order valence-electron chi connectivity index (χ2n) is 3.07. The molecule has 0 aliphatic carbocycles. The van der Waals surface area contributed by atoms with E-state index in [1.54, 1.807) is 14.0 Å². The van der Waals surface area contributed by atoms with Gasteiger partial charge in [0.1, 0.15) is 0 Å². The fourth-order valence-corrected chi connectivity index (χ4v) is 1.14. The number of pyridine rings is 1. The average molecular weight is 180 g/mol. The van der Waals surface area contributed by atoms with Crippen molar-refractivity contribution in [3.63, 3.8) is 0 Å². The van der Waals surface area contributed by atoms with E-state index >= 15 is 0 Å². The molecule has 1 aromatic heterocycles. The number of aliphatic hydroxyl groups is 1. The van der Waals surface area contributed by atoms with Gasteiger partial charge in [0.05, 0.1) is 13.2 Å². The fraction of sp³-hybridized carbons (Fsp3) is 0.500. The maximum atomic E-state index is 9.18. The van der Waals surface area contributed by atoms with Gasteiger partial charge in [0, 0.05) is 11.8 Å². The van der Waals surface area contributed by atoms with Crippen molar-refractivity contribution in [2.24, 2.45) is 0 Å². The third-order valence-corrected chi connectivity index (χ3v) is 1.81. The zero-order valence-electron chi connectivity index (χ0n) is 8.16. The van der Waals surface area contributed by atoms with Crippen LogP contribution in [0.15, 0.2) is 6.07 Å². The highest BCUT2D eigenvalue weighted by Crippen LogP contribution is 2.12. The maximum Gasteiger partial charge on any atom is 0.221 e. The van der Waals surface area contributed by atoms with E-state index in [0.29, 0.717) is 12.3 Å². The standard InChI is InChI=1S/C10H14NO2/c1-7(12)6-9-4-5-10(13-3)11-8(9)2/h4,7,12H,6H2,1-3H3. The van der Waals surface area contributed by atoms with Crippen LogP contribution in [0.4, 0.5) is 0 Å². The minimum Gasteiger partial charge on any atom is -0.481 e. The lowest BCUT2D eigenvalue weighted by Gasteiger charge is -2.07. The number of aromatic nitrogens is 1. The maximum absolute atomic E-state index is 9.18. The zero-order valence-corrected chi connectivity index (χ0v) is 8.16. The van der Waals surface area contributed by atoms with Gasteiger partial charge >= 0.3 is 0 Å². The Bertz CT molecular complexity index is 284. The smallest absolute Gasteiger partial charge is 0.221 e. The fourth-order valence-electron chi connectivity index (χ4n) is 1.14. The van der Waals surface area contributed by atoms with Gasteiger partial charge in [-0.3, -0.25) is 0 Å². The number of nitrogens with zero attached hydrogens (tertiary/aromatic N) is 1. The van der Waals surface area contributed by atoms with E-state index < -0.39 is 0 Å². The van der Waals surface area contributed by atoms with E-state index in [2.05, 4.69) is 11.1 Å². The highest BCUT2D eigenvalue weighted by atomic mass is 16.5. The van der Waals surface area contributed by atoms with Crippen molar-refractivity contribution in [3.8, 4) is 5.88 Å². The Hall–Kier alpha value is -1.09. The van der Waals surface area contributed by atoms with Crippen LogP contribution < -0.4 is 4.74 Å². The number of hydrogen-bond donors (Lipinski definition) is 1. The Morgan fingerprint density at radius 1 is 1.69 bits per heavy atom. The van der Waals surface area contributed by atoms with Gasteiger partial charge in [-0.05, 0) is 31.9 Å². The second-order valence-corrected chi connectivity index (χ2v) is 3.07. The Morgan fingerprint density at radius 3 is 2.85 bits per heavy atom. The molecule has 13 heavy (non-hydrogen) atoms. The number of methoxy groups -OCH3 is 1. The van der Waals surface area contributed by atoms with Crippen LogP contribution in [0.3, 0.4) is 0 Å². The van der Waals surface area contributed by atoms with Crippen molar-refractivity contribution in [1.29, 1.82) is 0 Å². The Balaban J connectivity index is 2.85.